The van der Waals surface area contributed by atoms with Gasteiger partial charge in [0.05, 0.1) is 4.34 Å². The molecule has 140 valence electrons. The summed E-state index contributed by atoms with van der Waals surface area (Å²) in [5.74, 6) is 0.727. The van der Waals surface area contributed by atoms with Crippen molar-refractivity contribution >= 4 is 34.6 Å². The van der Waals surface area contributed by atoms with Crippen LogP contribution < -0.4 is 15.5 Å². The Bertz CT molecular complexity index is 713. The summed E-state index contributed by atoms with van der Waals surface area (Å²) in [7, 11) is 1.75. The van der Waals surface area contributed by atoms with Crippen LogP contribution in [0.15, 0.2) is 47.5 Å². The minimum absolute atomic E-state index is 0.384. The highest BCUT2D eigenvalue weighted by Gasteiger charge is 2.20. The standard InChI is InChI=1S/C19H25ClN4OS/c1-21-19(22-13-16(25)17-7-8-18(20)26-17)23-14-9-11-24(12-10-14)15-5-3-2-4-6-15/h2-8,14,16,25H,9-13H2,1H3,(H2,21,22,23). The molecule has 1 unspecified atom stereocenters. The number of benzene rings is 1. The van der Waals surface area contributed by atoms with Gasteiger partial charge in [-0.15, -0.1) is 11.3 Å². The van der Waals surface area contributed by atoms with Gasteiger partial charge in [-0.2, -0.15) is 0 Å². The molecule has 1 saturated heterocycles. The van der Waals surface area contributed by atoms with Crippen molar-refractivity contribution in [2.24, 2.45) is 4.99 Å². The number of para-hydroxylation sites is 1. The third kappa shape index (κ3) is 5.13. The second kappa shape index (κ2) is 9.26. The molecule has 0 saturated carbocycles. The lowest BCUT2D eigenvalue weighted by Crippen LogP contribution is -2.49. The largest absolute Gasteiger partial charge is 0.386 e. The summed E-state index contributed by atoms with van der Waals surface area (Å²) in [6, 6.07) is 14.6. The van der Waals surface area contributed by atoms with Crippen molar-refractivity contribution in [3.05, 3.63) is 51.7 Å². The molecule has 0 spiro atoms. The number of rotatable bonds is 5. The Morgan fingerprint density at radius 2 is 2.00 bits per heavy atom. The first-order chi connectivity index (χ1) is 12.7. The zero-order valence-corrected chi connectivity index (χ0v) is 16.4. The lowest BCUT2D eigenvalue weighted by molar-refractivity contribution is 0.184. The highest BCUT2D eigenvalue weighted by molar-refractivity contribution is 7.16. The number of halogens is 1. The van der Waals surface area contributed by atoms with Gasteiger partial charge in [0.25, 0.3) is 0 Å². The molecule has 3 rings (SSSR count). The SMILES string of the molecule is CN=C(NCC(O)c1ccc(Cl)s1)NC1CCN(c2ccccc2)CC1. The minimum atomic E-state index is -0.592. The number of aliphatic hydroxyl groups excluding tert-OH is 1. The van der Waals surface area contributed by atoms with Crippen LogP contribution in [0.25, 0.3) is 0 Å². The Labute approximate surface area is 163 Å². The Morgan fingerprint density at radius 1 is 1.27 bits per heavy atom. The Hall–Kier alpha value is -1.76. The van der Waals surface area contributed by atoms with Crippen LogP contribution in [-0.2, 0) is 0 Å². The molecule has 1 aromatic heterocycles. The van der Waals surface area contributed by atoms with Gasteiger partial charge >= 0.3 is 0 Å². The highest BCUT2D eigenvalue weighted by atomic mass is 35.5. The van der Waals surface area contributed by atoms with Gasteiger partial charge in [-0.25, -0.2) is 0 Å². The van der Waals surface area contributed by atoms with Gasteiger partial charge < -0.3 is 20.6 Å². The first-order valence-corrected chi connectivity index (χ1v) is 10.1. The number of nitrogens with zero attached hydrogens (tertiary/aromatic N) is 2. The third-order valence-electron chi connectivity index (χ3n) is 4.57. The normalized spacial score (nSPS) is 17.2. The molecule has 1 aromatic carbocycles. The van der Waals surface area contributed by atoms with Crippen molar-refractivity contribution in [1.82, 2.24) is 10.6 Å². The number of guanidine groups is 1. The highest BCUT2D eigenvalue weighted by Crippen LogP contribution is 2.26. The van der Waals surface area contributed by atoms with Crippen molar-refractivity contribution in [3.8, 4) is 0 Å². The number of anilines is 1. The van der Waals surface area contributed by atoms with Gasteiger partial charge in [-0.3, -0.25) is 4.99 Å². The van der Waals surface area contributed by atoms with Gasteiger partial charge in [0, 0.05) is 43.3 Å². The van der Waals surface area contributed by atoms with Crippen molar-refractivity contribution in [3.63, 3.8) is 0 Å². The smallest absolute Gasteiger partial charge is 0.191 e. The molecule has 26 heavy (non-hydrogen) atoms. The van der Waals surface area contributed by atoms with E-state index in [1.165, 1.54) is 17.0 Å². The summed E-state index contributed by atoms with van der Waals surface area (Å²) in [5.41, 5.74) is 1.28. The Balaban J connectivity index is 1.44. The van der Waals surface area contributed by atoms with Gasteiger partial charge in [-0.1, -0.05) is 29.8 Å². The maximum Gasteiger partial charge on any atom is 0.191 e. The van der Waals surface area contributed by atoms with E-state index in [2.05, 4.69) is 44.8 Å². The van der Waals surface area contributed by atoms with E-state index in [4.69, 9.17) is 11.6 Å². The molecule has 2 aromatic rings. The van der Waals surface area contributed by atoms with E-state index in [-0.39, 0.29) is 0 Å². The van der Waals surface area contributed by atoms with Crippen LogP contribution >= 0.6 is 22.9 Å². The number of aliphatic imine (C=N–C) groups is 1. The monoisotopic (exact) mass is 392 g/mol. The molecule has 3 N–H and O–H groups in total. The van der Waals surface area contributed by atoms with Crippen molar-refractivity contribution < 1.29 is 5.11 Å². The lowest BCUT2D eigenvalue weighted by atomic mass is 10.0. The summed E-state index contributed by atoms with van der Waals surface area (Å²) in [4.78, 5) is 7.55. The summed E-state index contributed by atoms with van der Waals surface area (Å²) in [5, 5.41) is 16.9. The summed E-state index contributed by atoms with van der Waals surface area (Å²) < 4.78 is 0.687. The predicted octanol–water partition coefficient (Wildman–Crippen LogP) is 3.27. The maximum atomic E-state index is 10.2. The topological polar surface area (TPSA) is 59.9 Å². The van der Waals surface area contributed by atoms with E-state index in [0.717, 1.165) is 36.8 Å². The molecule has 2 heterocycles. The number of hydrogen-bond donors (Lipinski definition) is 3. The second-order valence-electron chi connectivity index (χ2n) is 6.35. The molecule has 1 fully saturated rings. The Morgan fingerprint density at radius 3 is 2.62 bits per heavy atom. The molecule has 1 atom stereocenters. The molecule has 7 heteroatoms. The van der Waals surface area contributed by atoms with Crippen LogP contribution in [0.3, 0.4) is 0 Å². The van der Waals surface area contributed by atoms with E-state index in [0.29, 0.717) is 16.9 Å². The zero-order valence-electron chi connectivity index (χ0n) is 14.9. The number of nitrogens with one attached hydrogen (secondary N) is 2. The van der Waals surface area contributed by atoms with Crippen LogP contribution in [-0.4, -0.2) is 43.8 Å². The van der Waals surface area contributed by atoms with Crippen LogP contribution in [0.2, 0.25) is 4.34 Å². The van der Waals surface area contributed by atoms with Gasteiger partial charge in [0.2, 0.25) is 0 Å². The molecule has 0 radical (unpaired) electrons. The van der Waals surface area contributed by atoms with Gasteiger partial charge in [0.15, 0.2) is 5.96 Å². The fourth-order valence-corrected chi connectivity index (χ4v) is 4.16. The van der Waals surface area contributed by atoms with Crippen molar-refractivity contribution in [2.45, 2.75) is 25.0 Å². The van der Waals surface area contributed by atoms with E-state index in [1.807, 2.05) is 12.1 Å². The first kappa shape index (κ1) is 19.0. The van der Waals surface area contributed by atoms with Crippen LogP contribution in [0, 0.1) is 0 Å². The molecular formula is C19H25ClN4OS. The number of aliphatic hydroxyl groups is 1. The van der Waals surface area contributed by atoms with E-state index < -0.39 is 6.10 Å². The third-order valence-corrected chi connectivity index (χ3v) is 5.90. The minimum Gasteiger partial charge on any atom is -0.386 e. The van der Waals surface area contributed by atoms with Gasteiger partial charge in [-0.05, 0) is 37.1 Å². The van der Waals surface area contributed by atoms with Crippen LogP contribution in [0.1, 0.15) is 23.8 Å². The molecule has 0 bridgehead atoms. The fraction of sp³-hybridized carbons (Fsp3) is 0.421. The maximum absolute atomic E-state index is 10.2. The molecular weight excluding hydrogens is 368 g/mol. The van der Waals surface area contributed by atoms with Crippen LogP contribution in [0.5, 0.6) is 0 Å². The van der Waals surface area contributed by atoms with E-state index in [1.54, 1.807) is 13.1 Å². The number of thiophene rings is 1. The van der Waals surface area contributed by atoms with Crippen molar-refractivity contribution in [2.75, 3.05) is 31.6 Å². The second-order valence-corrected chi connectivity index (χ2v) is 8.10. The van der Waals surface area contributed by atoms with E-state index in [9.17, 15) is 5.11 Å². The summed E-state index contributed by atoms with van der Waals surface area (Å²) in [6.45, 7) is 2.45. The summed E-state index contributed by atoms with van der Waals surface area (Å²) in [6.07, 6.45) is 1.52. The molecule has 5 nitrogen and oxygen atoms in total. The predicted molar refractivity (Wildman–Crippen MR) is 110 cm³/mol. The van der Waals surface area contributed by atoms with Crippen molar-refractivity contribution in [1.29, 1.82) is 0 Å². The number of piperidine rings is 1. The van der Waals surface area contributed by atoms with E-state index >= 15 is 0 Å². The average Bonchev–Trinajstić information content (AvgIpc) is 3.12. The molecule has 0 amide bonds. The molecule has 1 aliphatic rings. The molecule has 0 aliphatic carbocycles. The summed E-state index contributed by atoms with van der Waals surface area (Å²) >= 11 is 7.32. The average molecular weight is 393 g/mol. The quantitative estimate of drug-likeness (QED) is 0.540. The lowest BCUT2D eigenvalue weighted by Gasteiger charge is -2.34. The van der Waals surface area contributed by atoms with Crippen LogP contribution in [0.4, 0.5) is 5.69 Å². The molecule has 1 aliphatic heterocycles. The number of hydrogen-bond acceptors (Lipinski definition) is 4. The Kier molecular flexibility index (Phi) is 6.77. The zero-order chi connectivity index (χ0) is 18.4. The fourth-order valence-electron chi connectivity index (χ4n) is 3.11. The first-order valence-electron chi connectivity index (χ1n) is 8.86. The van der Waals surface area contributed by atoms with Gasteiger partial charge in [0.1, 0.15) is 6.10 Å².